The minimum Gasteiger partial charge on any atom is -0.352 e. The number of benzene rings is 1. The summed E-state index contributed by atoms with van der Waals surface area (Å²) in [5, 5.41) is 10.4. The van der Waals surface area contributed by atoms with Crippen molar-refractivity contribution in [2.24, 2.45) is 0 Å². The largest absolute Gasteiger partial charge is 0.352 e. The normalized spacial score (nSPS) is 11.0. The molecule has 0 aliphatic carbocycles. The molecule has 8 heteroatoms. The third-order valence-electron chi connectivity index (χ3n) is 4.70. The minimum absolute atomic E-state index is 0.311. The summed E-state index contributed by atoms with van der Waals surface area (Å²) in [7, 11) is 0. The van der Waals surface area contributed by atoms with Crippen molar-refractivity contribution in [3.8, 4) is 22.6 Å². The van der Waals surface area contributed by atoms with E-state index < -0.39 is 0 Å². The van der Waals surface area contributed by atoms with Crippen LogP contribution in [-0.2, 0) is 0 Å². The van der Waals surface area contributed by atoms with Crippen LogP contribution in [0.15, 0.2) is 74.0 Å². The van der Waals surface area contributed by atoms with Crippen LogP contribution in [0.3, 0.4) is 0 Å². The number of aromatic amines is 2. The second-order valence-electron chi connectivity index (χ2n) is 6.68. The molecule has 0 bridgehead atoms. The molecule has 3 N–H and O–H groups in total. The topological polar surface area (TPSA) is 95.2 Å². The van der Waals surface area contributed by atoms with Gasteiger partial charge in [-0.2, -0.15) is 5.10 Å². The number of pyridine rings is 2. The van der Waals surface area contributed by atoms with Crippen LogP contribution >= 0.6 is 0 Å². The maximum absolute atomic E-state index is 13.7. The summed E-state index contributed by atoms with van der Waals surface area (Å²) in [6, 6.07) is 10.1. The van der Waals surface area contributed by atoms with Gasteiger partial charge in [-0.05, 0) is 29.8 Å². The first-order valence-corrected chi connectivity index (χ1v) is 9.19. The van der Waals surface area contributed by atoms with E-state index in [1.807, 2.05) is 18.2 Å². The molecule has 0 radical (unpaired) electrons. The lowest BCUT2D eigenvalue weighted by Crippen LogP contribution is -1.98. The first-order valence-electron chi connectivity index (χ1n) is 9.19. The Hall–Kier alpha value is -4.33. The highest BCUT2D eigenvalue weighted by Crippen LogP contribution is 2.31. The van der Waals surface area contributed by atoms with Gasteiger partial charge in [0.2, 0.25) is 0 Å². The predicted octanol–water partition coefficient (Wildman–Crippen LogP) is 4.63. The summed E-state index contributed by atoms with van der Waals surface area (Å²) in [6.07, 6.45) is 8.46. The van der Waals surface area contributed by atoms with Gasteiger partial charge in [0.05, 0.1) is 29.1 Å². The molecule has 146 valence electrons. The van der Waals surface area contributed by atoms with Crippen molar-refractivity contribution in [2.75, 3.05) is 5.32 Å². The Morgan fingerprint density at radius 2 is 1.97 bits per heavy atom. The van der Waals surface area contributed by atoms with Crippen LogP contribution in [-0.4, -0.2) is 30.1 Å². The van der Waals surface area contributed by atoms with Gasteiger partial charge < -0.3 is 10.3 Å². The molecule has 0 fully saturated rings. The van der Waals surface area contributed by atoms with Crippen LogP contribution in [0.5, 0.6) is 0 Å². The van der Waals surface area contributed by atoms with Crippen LogP contribution in [0.25, 0.3) is 39.4 Å². The van der Waals surface area contributed by atoms with E-state index in [4.69, 9.17) is 4.98 Å². The number of hydrogen-bond donors (Lipinski definition) is 3. The first-order chi connectivity index (χ1) is 14.7. The van der Waals surface area contributed by atoms with Crippen molar-refractivity contribution < 1.29 is 4.39 Å². The number of rotatable bonds is 5. The van der Waals surface area contributed by atoms with Gasteiger partial charge in [0.15, 0.2) is 5.82 Å². The second kappa shape index (κ2) is 7.25. The van der Waals surface area contributed by atoms with Gasteiger partial charge in [0, 0.05) is 35.4 Å². The molecule has 0 saturated heterocycles. The standard InChI is InChI=1S/C22H16FN7/c1-13(15-5-3-7-24-9-15)27-19-12-26-30-21(19)22-28-18-11-25-10-17(20(18)29-22)14-4-2-6-16(23)8-14/h2-12,27H,1H2,(H,26,30)(H,28,29). The third kappa shape index (κ3) is 3.20. The van der Waals surface area contributed by atoms with Gasteiger partial charge in [-0.1, -0.05) is 18.7 Å². The Bertz CT molecular complexity index is 1350. The molecule has 0 spiro atoms. The lowest BCUT2D eigenvalue weighted by molar-refractivity contribution is 0.628. The average molecular weight is 397 g/mol. The number of anilines is 1. The maximum atomic E-state index is 13.7. The minimum atomic E-state index is -0.311. The molecule has 7 nitrogen and oxygen atoms in total. The zero-order chi connectivity index (χ0) is 20.5. The summed E-state index contributed by atoms with van der Waals surface area (Å²) in [5.41, 5.74) is 5.80. The van der Waals surface area contributed by atoms with Crippen molar-refractivity contribution in [2.45, 2.75) is 0 Å². The van der Waals surface area contributed by atoms with E-state index in [0.717, 1.165) is 16.6 Å². The molecule has 30 heavy (non-hydrogen) atoms. The van der Waals surface area contributed by atoms with Gasteiger partial charge >= 0.3 is 0 Å². The van der Waals surface area contributed by atoms with Crippen molar-refractivity contribution in [1.82, 2.24) is 30.1 Å². The van der Waals surface area contributed by atoms with Gasteiger partial charge in [0.25, 0.3) is 0 Å². The van der Waals surface area contributed by atoms with Crippen molar-refractivity contribution in [3.63, 3.8) is 0 Å². The Morgan fingerprint density at radius 1 is 1.03 bits per heavy atom. The fourth-order valence-electron chi connectivity index (χ4n) is 3.26. The van der Waals surface area contributed by atoms with Crippen LogP contribution < -0.4 is 5.32 Å². The number of fused-ring (bicyclic) bond motifs is 1. The van der Waals surface area contributed by atoms with Crippen LogP contribution in [0.4, 0.5) is 10.1 Å². The summed E-state index contributed by atoms with van der Waals surface area (Å²) >= 11 is 0. The van der Waals surface area contributed by atoms with E-state index in [1.165, 1.54) is 12.1 Å². The molecule has 0 aliphatic rings. The number of halogens is 1. The number of imidazole rings is 1. The van der Waals surface area contributed by atoms with Gasteiger partial charge in [-0.15, -0.1) is 0 Å². The van der Waals surface area contributed by atoms with Crippen molar-refractivity contribution in [1.29, 1.82) is 0 Å². The molecule has 4 heterocycles. The fourth-order valence-corrected chi connectivity index (χ4v) is 3.26. The number of aromatic nitrogens is 6. The van der Waals surface area contributed by atoms with Crippen molar-refractivity contribution in [3.05, 3.63) is 85.3 Å². The van der Waals surface area contributed by atoms with Crippen LogP contribution in [0.1, 0.15) is 5.56 Å². The van der Waals surface area contributed by atoms with Crippen LogP contribution in [0.2, 0.25) is 0 Å². The number of H-pyrrole nitrogens is 2. The average Bonchev–Trinajstić information content (AvgIpc) is 3.40. The highest BCUT2D eigenvalue weighted by molar-refractivity contribution is 5.93. The van der Waals surface area contributed by atoms with Crippen molar-refractivity contribution >= 4 is 22.4 Å². The van der Waals surface area contributed by atoms with E-state index in [-0.39, 0.29) is 5.82 Å². The molecule has 0 unspecified atom stereocenters. The van der Waals surface area contributed by atoms with E-state index in [0.29, 0.717) is 34.0 Å². The highest BCUT2D eigenvalue weighted by atomic mass is 19.1. The molecule has 0 atom stereocenters. The van der Waals surface area contributed by atoms with E-state index in [1.54, 1.807) is 37.1 Å². The van der Waals surface area contributed by atoms with E-state index in [9.17, 15) is 4.39 Å². The van der Waals surface area contributed by atoms with Gasteiger partial charge in [-0.3, -0.25) is 15.1 Å². The SMILES string of the molecule is C=C(Nc1cn[nH]c1-c1nc2c(-c3cccc(F)c3)cncc2[nH]1)c1cccnc1. The lowest BCUT2D eigenvalue weighted by Gasteiger charge is -2.08. The molecule has 0 amide bonds. The predicted molar refractivity (Wildman–Crippen MR) is 114 cm³/mol. The van der Waals surface area contributed by atoms with Gasteiger partial charge in [-0.25, -0.2) is 9.37 Å². The maximum Gasteiger partial charge on any atom is 0.158 e. The molecule has 0 saturated carbocycles. The van der Waals surface area contributed by atoms with Gasteiger partial charge in [0.1, 0.15) is 11.5 Å². The smallest absolute Gasteiger partial charge is 0.158 e. The second-order valence-corrected chi connectivity index (χ2v) is 6.68. The molecule has 5 rings (SSSR count). The van der Waals surface area contributed by atoms with Crippen LogP contribution in [0, 0.1) is 5.82 Å². The summed E-state index contributed by atoms with van der Waals surface area (Å²) < 4.78 is 13.7. The Labute approximate surface area is 170 Å². The molecular weight excluding hydrogens is 381 g/mol. The summed E-state index contributed by atoms with van der Waals surface area (Å²) in [5.74, 6) is 0.267. The van der Waals surface area contributed by atoms with E-state index in [2.05, 4.69) is 37.0 Å². The summed E-state index contributed by atoms with van der Waals surface area (Å²) in [6.45, 7) is 4.07. The highest BCUT2D eigenvalue weighted by Gasteiger charge is 2.16. The molecule has 4 aromatic heterocycles. The number of nitrogens with zero attached hydrogens (tertiary/aromatic N) is 4. The molecule has 1 aromatic carbocycles. The zero-order valence-corrected chi connectivity index (χ0v) is 15.7. The molecule has 0 aliphatic heterocycles. The Morgan fingerprint density at radius 3 is 2.80 bits per heavy atom. The zero-order valence-electron chi connectivity index (χ0n) is 15.7. The molecular formula is C22H16FN7. The van der Waals surface area contributed by atoms with E-state index >= 15 is 0 Å². The number of hydrogen-bond acceptors (Lipinski definition) is 5. The monoisotopic (exact) mass is 397 g/mol. The number of nitrogens with one attached hydrogen (secondary N) is 3. The molecule has 5 aromatic rings. The Kier molecular flexibility index (Phi) is 4.29. The summed E-state index contributed by atoms with van der Waals surface area (Å²) in [4.78, 5) is 16.4. The lowest BCUT2D eigenvalue weighted by atomic mass is 10.1. The third-order valence-corrected chi connectivity index (χ3v) is 4.70. The first kappa shape index (κ1) is 17.7. The quantitative estimate of drug-likeness (QED) is 0.402. The fraction of sp³-hybridized carbons (Fsp3) is 0. The Balaban J connectivity index is 1.53.